The monoisotopic (exact) mass is 557 g/mol. The molecule has 0 heterocycles. The Hall–Kier alpha value is -2.49. The van der Waals surface area contributed by atoms with Gasteiger partial charge < -0.3 is 15.2 Å². The highest BCUT2D eigenvalue weighted by Crippen LogP contribution is 2.45. The fraction of sp³-hybridized carbons (Fsp3) is 0.621. The Bertz CT molecular complexity index is 1170. The Morgan fingerprint density at radius 2 is 1.59 bits per heavy atom. The van der Waals surface area contributed by atoms with Crippen molar-refractivity contribution in [1.82, 2.24) is 5.32 Å². The van der Waals surface area contributed by atoms with Crippen molar-refractivity contribution in [3.05, 3.63) is 41.5 Å². The van der Waals surface area contributed by atoms with E-state index in [1.807, 2.05) is 0 Å². The molecule has 2 aromatic carbocycles. The lowest BCUT2D eigenvalue weighted by Gasteiger charge is -2.45. The summed E-state index contributed by atoms with van der Waals surface area (Å²) in [4.78, 5) is 11.5. The van der Waals surface area contributed by atoms with E-state index in [0.29, 0.717) is 24.8 Å². The van der Waals surface area contributed by atoms with Gasteiger partial charge in [-0.25, -0.2) is 0 Å². The summed E-state index contributed by atoms with van der Waals surface area (Å²) in [6, 6.07) is 7.84. The molecule has 0 saturated heterocycles. The molecule has 4 nitrogen and oxygen atoms in total. The van der Waals surface area contributed by atoms with Crippen molar-refractivity contribution in [2.45, 2.75) is 88.8 Å². The van der Waals surface area contributed by atoms with Crippen LogP contribution in [0.1, 0.15) is 68.9 Å². The van der Waals surface area contributed by atoms with Crippen LogP contribution in [0.4, 0.5) is 26.3 Å². The number of aliphatic carboxylic acids is 1. The van der Waals surface area contributed by atoms with Crippen LogP contribution < -0.4 is 10.1 Å². The van der Waals surface area contributed by atoms with Gasteiger partial charge in [-0.2, -0.15) is 26.3 Å². The Kier molecular flexibility index (Phi) is 7.79. The fourth-order valence-electron chi connectivity index (χ4n) is 7.06. The van der Waals surface area contributed by atoms with Gasteiger partial charge in [-0.05, 0) is 91.7 Å². The predicted molar refractivity (Wildman–Crippen MR) is 133 cm³/mol. The zero-order valence-corrected chi connectivity index (χ0v) is 21.5. The number of alkyl halides is 6. The van der Waals surface area contributed by atoms with E-state index in [1.54, 1.807) is 18.2 Å². The van der Waals surface area contributed by atoms with Crippen molar-refractivity contribution in [2.75, 3.05) is 0 Å². The van der Waals surface area contributed by atoms with Crippen LogP contribution in [0.5, 0.6) is 5.75 Å². The third-order valence-corrected chi connectivity index (χ3v) is 8.99. The smallest absolute Gasteiger partial charge is 0.420 e. The molecule has 2 atom stereocenters. The van der Waals surface area contributed by atoms with E-state index in [-0.39, 0.29) is 60.6 Å². The molecule has 3 aliphatic carbocycles. The molecule has 214 valence electrons. The van der Waals surface area contributed by atoms with E-state index in [1.165, 1.54) is 12.1 Å². The van der Waals surface area contributed by atoms with Crippen LogP contribution >= 0.6 is 0 Å². The van der Waals surface area contributed by atoms with Crippen LogP contribution in [0.2, 0.25) is 0 Å². The first-order valence-corrected chi connectivity index (χ1v) is 13.7. The zero-order chi connectivity index (χ0) is 27.9. The first-order valence-electron chi connectivity index (χ1n) is 13.7. The van der Waals surface area contributed by atoms with E-state index in [4.69, 9.17) is 4.74 Å². The lowest BCUT2D eigenvalue weighted by molar-refractivity contribution is -0.185. The lowest BCUT2D eigenvalue weighted by Crippen LogP contribution is -2.50. The maximum absolute atomic E-state index is 14.2. The highest BCUT2D eigenvalue weighted by molar-refractivity contribution is 5.89. The Morgan fingerprint density at radius 3 is 2.18 bits per heavy atom. The van der Waals surface area contributed by atoms with E-state index in [0.717, 1.165) is 24.8 Å². The number of nitrogens with one attached hydrogen (secondary N) is 1. The van der Waals surface area contributed by atoms with Crippen LogP contribution in [0.15, 0.2) is 30.3 Å². The average molecular weight is 558 g/mol. The molecule has 2 aromatic rings. The predicted octanol–water partition coefficient (Wildman–Crippen LogP) is 7.73. The van der Waals surface area contributed by atoms with Gasteiger partial charge in [0.1, 0.15) is 11.3 Å². The molecule has 39 heavy (non-hydrogen) atoms. The van der Waals surface area contributed by atoms with Crippen LogP contribution in [0.3, 0.4) is 0 Å². The second-order valence-corrected chi connectivity index (χ2v) is 11.5. The molecule has 10 heteroatoms. The minimum absolute atomic E-state index is 0.00781. The normalized spacial score (nSPS) is 29.8. The van der Waals surface area contributed by atoms with Gasteiger partial charge in [-0.1, -0.05) is 24.6 Å². The maximum atomic E-state index is 14.2. The molecule has 2 bridgehead atoms. The second-order valence-electron chi connectivity index (χ2n) is 11.5. The molecule has 2 unspecified atom stereocenters. The van der Waals surface area contributed by atoms with Crippen molar-refractivity contribution >= 4 is 16.7 Å². The third kappa shape index (κ3) is 6.15. The minimum atomic E-state index is -4.70. The summed E-state index contributed by atoms with van der Waals surface area (Å²) >= 11 is 0. The Morgan fingerprint density at radius 1 is 0.923 bits per heavy atom. The molecule has 0 aromatic heterocycles. The van der Waals surface area contributed by atoms with Gasteiger partial charge in [0.05, 0.1) is 17.9 Å². The molecule has 0 spiro atoms. The van der Waals surface area contributed by atoms with Gasteiger partial charge >= 0.3 is 18.3 Å². The van der Waals surface area contributed by atoms with Crippen molar-refractivity contribution < 1.29 is 41.0 Å². The van der Waals surface area contributed by atoms with E-state index in [2.05, 4.69) is 5.32 Å². The number of carboxylic acid groups (broad SMARTS) is 1. The molecule has 2 N–H and O–H groups in total. The van der Waals surface area contributed by atoms with Crippen molar-refractivity contribution in [1.29, 1.82) is 0 Å². The van der Waals surface area contributed by atoms with Gasteiger partial charge in [0.15, 0.2) is 0 Å². The molecule has 3 saturated carbocycles. The summed E-state index contributed by atoms with van der Waals surface area (Å²) in [5.74, 6) is -2.27. The van der Waals surface area contributed by atoms with Gasteiger partial charge in [-0.15, -0.1) is 0 Å². The number of hydrogen-bond donors (Lipinski definition) is 2. The first-order chi connectivity index (χ1) is 18.4. The largest absolute Gasteiger partial charge is 0.490 e. The number of carbonyl (C=O) groups is 1. The van der Waals surface area contributed by atoms with E-state index in [9.17, 15) is 36.2 Å². The maximum Gasteiger partial charge on any atom is 0.420 e. The molecule has 3 aliphatic rings. The highest BCUT2D eigenvalue weighted by Gasteiger charge is 2.44. The molecule has 5 rings (SSSR count). The third-order valence-electron chi connectivity index (χ3n) is 8.99. The number of benzene rings is 2. The van der Waals surface area contributed by atoms with E-state index < -0.39 is 35.9 Å². The van der Waals surface area contributed by atoms with Crippen LogP contribution in [-0.4, -0.2) is 29.4 Å². The molecule has 3 fully saturated rings. The van der Waals surface area contributed by atoms with Crippen molar-refractivity contribution in [3.8, 4) is 5.75 Å². The molecule has 0 aliphatic heterocycles. The zero-order valence-electron chi connectivity index (χ0n) is 21.5. The molecule has 0 radical (unpaired) electrons. The van der Waals surface area contributed by atoms with E-state index >= 15 is 0 Å². The fourth-order valence-corrected chi connectivity index (χ4v) is 7.06. The molecular weight excluding hydrogens is 524 g/mol. The minimum Gasteiger partial charge on any atom is -0.490 e. The molecular formula is C29H33F6NO3. The van der Waals surface area contributed by atoms with Gasteiger partial charge in [0.25, 0.3) is 0 Å². The summed E-state index contributed by atoms with van der Waals surface area (Å²) < 4.78 is 87.1. The summed E-state index contributed by atoms with van der Waals surface area (Å²) in [7, 11) is 0. The lowest BCUT2D eigenvalue weighted by atomic mass is 9.64. The summed E-state index contributed by atoms with van der Waals surface area (Å²) in [5, 5.41) is 13.4. The summed E-state index contributed by atoms with van der Waals surface area (Å²) in [5.41, 5.74) is -0.0767. The Balaban J connectivity index is 1.30. The summed E-state index contributed by atoms with van der Waals surface area (Å²) in [6.07, 6.45) is -5.54. The number of hydrogen-bond acceptors (Lipinski definition) is 3. The molecule has 0 amide bonds. The van der Waals surface area contributed by atoms with Crippen LogP contribution in [0.25, 0.3) is 10.8 Å². The van der Waals surface area contributed by atoms with Crippen molar-refractivity contribution in [3.63, 3.8) is 0 Å². The SMILES string of the molecule is O=C(O)C1CC2CCCC(C1)C2NCc1ccc2c(C(F)(F)F)c(OC3CCC(C(F)(F)F)CC3)ccc2c1. The van der Waals surface area contributed by atoms with Crippen LogP contribution in [0, 0.1) is 23.7 Å². The first kappa shape index (κ1) is 28.1. The van der Waals surface area contributed by atoms with Gasteiger partial charge in [0.2, 0.25) is 0 Å². The number of halogens is 6. The number of rotatable bonds is 6. The van der Waals surface area contributed by atoms with Gasteiger partial charge in [0, 0.05) is 12.6 Å². The number of ether oxygens (including phenoxy) is 1. The second kappa shape index (κ2) is 10.8. The standard InChI is InChI=1S/C29H33F6NO3/c30-28(31,32)21-6-8-22(9-7-21)39-24-11-5-17-12-16(4-10-23(17)25(24)29(33,34)35)15-36-26-18-2-1-3-19(26)14-20(13-18)27(37)38/h4-5,10-12,18-22,26,36H,1-3,6-9,13-15H2,(H,37,38). The Labute approximate surface area is 223 Å². The van der Waals surface area contributed by atoms with Gasteiger partial charge in [-0.3, -0.25) is 4.79 Å². The average Bonchev–Trinajstić information content (AvgIpc) is 2.85. The quantitative estimate of drug-likeness (QED) is 0.357. The number of fused-ring (bicyclic) bond motifs is 3. The number of carboxylic acids is 1. The summed E-state index contributed by atoms with van der Waals surface area (Å²) in [6.45, 7) is 0.466. The van der Waals surface area contributed by atoms with Crippen LogP contribution in [-0.2, 0) is 17.5 Å². The topological polar surface area (TPSA) is 58.6 Å². The van der Waals surface area contributed by atoms with Crippen molar-refractivity contribution in [2.24, 2.45) is 23.7 Å². The highest BCUT2D eigenvalue weighted by atomic mass is 19.4.